The number of nitrogens with one attached hydrogen (secondary N) is 1. The molecule has 3 heterocycles. The van der Waals surface area contributed by atoms with E-state index < -0.39 is 0 Å². The van der Waals surface area contributed by atoms with Crippen molar-refractivity contribution in [3.05, 3.63) is 48.0 Å². The average Bonchev–Trinajstić information content (AvgIpc) is 2.68. The molecule has 0 atom stereocenters. The molecule has 3 rings (SSSR count). The van der Waals surface area contributed by atoms with Crippen LogP contribution in [0.1, 0.15) is 34.7 Å². The summed E-state index contributed by atoms with van der Waals surface area (Å²) in [6.45, 7) is 6.21. The standard InChI is InChI=1S/C18H22N6O2/c1-13(2)22-16(25)14-4-7-19-15(12-14)17(26)23-8-10-24(11-9-23)18-20-5-3-6-21-18/h3-7,12-13H,8-11H2,1-2H3,(H,22,25). The zero-order valence-electron chi connectivity index (χ0n) is 14.9. The van der Waals surface area contributed by atoms with E-state index in [2.05, 4.69) is 20.3 Å². The van der Waals surface area contributed by atoms with Crippen LogP contribution in [0.2, 0.25) is 0 Å². The van der Waals surface area contributed by atoms with Gasteiger partial charge in [-0.15, -0.1) is 0 Å². The van der Waals surface area contributed by atoms with Crippen LogP contribution < -0.4 is 10.2 Å². The highest BCUT2D eigenvalue weighted by Gasteiger charge is 2.24. The summed E-state index contributed by atoms with van der Waals surface area (Å²) in [5, 5.41) is 2.82. The molecule has 0 unspecified atom stereocenters. The van der Waals surface area contributed by atoms with Crippen LogP contribution in [-0.4, -0.2) is 63.9 Å². The van der Waals surface area contributed by atoms with E-state index in [4.69, 9.17) is 0 Å². The maximum absolute atomic E-state index is 12.7. The maximum atomic E-state index is 12.7. The minimum atomic E-state index is -0.206. The molecule has 0 aliphatic carbocycles. The summed E-state index contributed by atoms with van der Waals surface area (Å²) in [5.74, 6) is 0.297. The maximum Gasteiger partial charge on any atom is 0.272 e. The summed E-state index contributed by atoms with van der Waals surface area (Å²) in [7, 11) is 0. The molecule has 1 aliphatic rings. The third-order valence-corrected chi connectivity index (χ3v) is 4.06. The van der Waals surface area contributed by atoms with Gasteiger partial charge in [0.2, 0.25) is 5.95 Å². The van der Waals surface area contributed by atoms with Crippen molar-refractivity contribution in [2.24, 2.45) is 0 Å². The fraction of sp³-hybridized carbons (Fsp3) is 0.389. The minimum absolute atomic E-state index is 0.0306. The monoisotopic (exact) mass is 354 g/mol. The predicted octanol–water partition coefficient (Wildman–Crippen LogP) is 0.972. The van der Waals surface area contributed by atoms with E-state index in [0.29, 0.717) is 37.7 Å². The largest absolute Gasteiger partial charge is 0.350 e. The predicted molar refractivity (Wildman–Crippen MR) is 97.0 cm³/mol. The molecule has 2 aromatic heterocycles. The van der Waals surface area contributed by atoms with Crippen molar-refractivity contribution in [2.75, 3.05) is 31.1 Å². The molecule has 1 N–H and O–H groups in total. The van der Waals surface area contributed by atoms with Gasteiger partial charge in [0.15, 0.2) is 0 Å². The Bertz CT molecular complexity index is 772. The first-order valence-electron chi connectivity index (χ1n) is 8.63. The molecule has 2 aromatic rings. The number of nitrogens with zero attached hydrogens (tertiary/aromatic N) is 5. The number of carbonyl (C=O) groups is 2. The molecule has 0 spiro atoms. The van der Waals surface area contributed by atoms with Gasteiger partial charge in [0.05, 0.1) is 0 Å². The van der Waals surface area contributed by atoms with Crippen molar-refractivity contribution in [1.82, 2.24) is 25.2 Å². The lowest BCUT2D eigenvalue weighted by Crippen LogP contribution is -2.49. The van der Waals surface area contributed by atoms with E-state index in [0.717, 1.165) is 0 Å². The van der Waals surface area contributed by atoms with E-state index in [-0.39, 0.29) is 23.6 Å². The summed E-state index contributed by atoms with van der Waals surface area (Å²) in [6, 6.07) is 4.96. The average molecular weight is 354 g/mol. The Morgan fingerprint density at radius 1 is 1.04 bits per heavy atom. The third kappa shape index (κ3) is 4.14. The van der Waals surface area contributed by atoms with Crippen LogP contribution in [0.4, 0.5) is 5.95 Å². The molecular formula is C18H22N6O2. The van der Waals surface area contributed by atoms with Gasteiger partial charge in [-0.05, 0) is 32.0 Å². The topological polar surface area (TPSA) is 91.3 Å². The molecule has 1 saturated heterocycles. The van der Waals surface area contributed by atoms with Crippen LogP contribution >= 0.6 is 0 Å². The molecule has 0 bridgehead atoms. The second kappa shape index (κ2) is 7.90. The number of aromatic nitrogens is 3. The number of amides is 2. The highest BCUT2D eigenvalue weighted by atomic mass is 16.2. The van der Waals surface area contributed by atoms with Crippen molar-refractivity contribution in [2.45, 2.75) is 19.9 Å². The molecule has 1 aliphatic heterocycles. The summed E-state index contributed by atoms with van der Waals surface area (Å²) in [4.78, 5) is 41.3. The Kier molecular flexibility index (Phi) is 5.40. The molecule has 8 nitrogen and oxygen atoms in total. The normalized spacial score (nSPS) is 14.4. The zero-order valence-corrected chi connectivity index (χ0v) is 14.9. The highest BCUT2D eigenvalue weighted by molar-refractivity contribution is 5.98. The molecule has 8 heteroatoms. The first kappa shape index (κ1) is 17.8. The van der Waals surface area contributed by atoms with Gasteiger partial charge >= 0.3 is 0 Å². The van der Waals surface area contributed by atoms with Crippen LogP contribution in [0.25, 0.3) is 0 Å². The Morgan fingerprint density at radius 3 is 2.38 bits per heavy atom. The lowest BCUT2D eigenvalue weighted by molar-refractivity contribution is 0.0740. The molecule has 0 radical (unpaired) electrons. The van der Waals surface area contributed by atoms with Crippen LogP contribution in [0, 0.1) is 0 Å². The summed E-state index contributed by atoms with van der Waals surface area (Å²) >= 11 is 0. The SMILES string of the molecule is CC(C)NC(=O)c1ccnc(C(=O)N2CCN(c3ncccn3)CC2)c1. The number of hydrogen-bond acceptors (Lipinski definition) is 6. The van der Waals surface area contributed by atoms with E-state index in [9.17, 15) is 9.59 Å². The van der Waals surface area contributed by atoms with E-state index >= 15 is 0 Å². The molecule has 26 heavy (non-hydrogen) atoms. The first-order chi connectivity index (χ1) is 12.5. The van der Waals surface area contributed by atoms with Crippen LogP contribution in [0.3, 0.4) is 0 Å². The molecular weight excluding hydrogens is 332 g/mol. The molecule has 136 valence electrons. The molecule has 2 amide bonds. The highest BCUT2D eigenvalue weighted by Crippen LogP contribution is 2.12. The van der Waals surface area contributed by atoms with Gasteiger partial charge in [-0.1, -0.05) is 0 Å². The number of hydrogen-bond donors (Lipinski definition) is 1. The van der Waals surface area contributed by atoms with Crippen molar-refractivity contribution in [3.63, 3.8) is 0 Å². The van der Waals surface area contributed by atoms with E-state index in [1.165, 1.54) is 6.20 Å². The zero-order chi connectivity index (χ0) is 18.5. The number of piperazine rings is 1. The van der Waals surface area contributed by atoms with Crippen molar-refractivity contribution >= 4 is 17.8 Å². The van der Waals surface area contributed by atoms with Gasteiger partial charge in [0.1, 0.15) is 5.69 Å². The lowest BCUT2D eigenvalue weighted by Gasteiger charge is -2.34. The van der Waals surface area contributed by atoms with Crippen LogP contribution in [0.5, 0.6) is 0 Å². The van der Waals surface area contributed by atoms with Gasteiger partial charge in [-0.3, -0.25) is 14.6 Å². The Labute approximate surface area is 152 Å². The Balaban J connectivity index is 1.64. The van der Waals surface area contributed by atoms with Gasteiger partial charge in [-0.2, -0.15) is 0 Å². The summed E-state index contributed by atoms with van der Waals surface area (Å²) in [5.41, 5.74) is 0.721. The third-order valence-electron chi connectivity index (χ3n) is 4.06. The quantitative estimate of drug-likeness (QED) is 0.880. The van der Waals surface area contributed by atoms with Crippen molar-refractivity contribution < 1.29 is 9.59 Å². The summed E-state index contributed by atoms with van der Waals surface area (Å²) in [6.07, 6.45) is 4.91. The fourth-order valence-electron chi connectivity index (χ4n) is 2.76. The fourth-order valence-corrected chi connectivity index (χ4v) is 2.76. The molecule has 1 fully saturated rings. The minimum Gasteiger partial charge on any atom is -0.350 e. The summed E-state index contributed by atoms with van der Waals surface area (Å²) < 4.78 is 0. The Morgan fingerprint density at radius 2 is 1.73 bits per heavy atom. The van der Waals surface area contributed by atoms with Gasteiger partial charge < -0.3 is 15.1 Å². The number of anilines is 1. The molecule has 0 aromatic carbocycles. The van der Waals surface area contributed by atoms with E-state index in [1.807, 2.05) is 18.7 Å². The van der Waals surface area contributed by atoms with Crippen molar-refractivity contribution in [1.29, 1.82) is 0 Å². The van der Waals surface area contributed by atoms with Gasteiger partial charge in [-0.25, -0.2) is 9.97 Å². The van der Waals surface area contributed by atoms with Gasteiger partial charge in [0, 0.05) is 56.4 Å². The van der Waals surface area contributed by atoms with Crippen molar-refractivity contribution in [3.8, 4) is 0 Å². The number of pyridine rings is 1. The lowest BCUT2D eigenvalue weighted by atomic mass is 10.2. The first-order valence-corrected chi connectivity index (χ1v) is 8.63. The molecule has 0 saturated carbocycles. The number of rotatable bonds is 4. The second-order valence-corrected chi connectivity index (χ2v) is 6.39. The van der Waals surface area contributed by atoms with E-state index in [1.54, 1.807) is 35.5 Å². The van der Waals surface area contributed by atoms with Crippen LogP contribution in [-0.2, 0) is 0 Å². The van der Waals surface area contributed by atoms with Crippen LogP contribution in [0.15, 0.2) is 36.8 Å². The smallest absolute Gasteiger partial charge is 0.272 e. The second-order valence-electron chi connectivity index (χ2n) is 6.39. The Hall–Kier alpha value is -3.03. The van der Waals surface area contributed by atoms with Gasteiger partial charge in [0.25, 0.3) is 11.8 Å². The number of carbonyl (C=O) groups excluding carboxylic acids is 2.